The molecule has 6 atom stereocenters. The van der Waals surface area contributed by atoms with Crippen molar-refractivity contribution < 1.29 is 19.1 Å². The molecule has 2 bridgehead atoms. The zero-order chi connectivity index (χ0) is 21.2. The number of benzene rings is 2. The second-order valence-corrected chi connectivity index (χ2v) is 10.5. The van der Waals surface area contributed by atoms with E-state index in [9.17, 15) is 14.4 Å². The molecule has 0 spiro atoms. The van der Waals surface area contributed by atoms with E-state index >= 15 is 0 Å². The van der Waals surface area contributed by atoms with Gasteiger partial charge in [0.15, 0.2) is 0 Å². The molecular weight excluding hydrogens is 538 g/mol. The Morgan fingerprint density at radius 1 is 0.967 bits per heavy atom. The molecule has 3 aliphatic rings. The highest BCUT2D eigenvalue weighted by Gasteiger charge is 2.66. The topological polar surface area (TPSA) is 63.7 Å². The number of hydrogen-bond acceptors (Lipinski definition) is 4. The molecule has 0 radical (unpaired) electrons. The molecule has 154 valence electrons. The van der Waals surface area contributed by atoms with E-state index in [0.717, 1.165) is 6.42 Å². The summed E-state index contributed by atoms with van der Waals surface area (Å²) in [6, 6.07) is 12.9. The first-order valence-corrected chi connectivity index (χ1v) is 11.8. The lowest BCUT2D eigenvalue weighted by atomic mass is 9.81. The van der Waals surface area contributed by atoms with Crippen LogP contribution < -0.4 is 9.64 Å². The SMILES string of the molecule is O=C(Oc1cccc(N2C(=O)[C@H]3[C@@H]4C[C@@H]([C@H](Br)[C@@H]4Br)[C@@H]3C2=O)c1)c1ccc(Cl)cc1. The molecular formula is C22H16Br2ClNO4. The third-order valence-electron chi connectivity index (χ3n) is 6.35. The highest BCUT2D eigenvalue weighted by atomic mass is 79.9. The van der Waals surface area contributed by atoms with Crippen LogP contribution >= 0.6 is 43.5 Å². The summed E-state index contributed by atoms with van der Waals surface area (Å²) >= 11 is 13.2. The van der Waals surface area contributed by atoms with Crippen LogP contribution in [-0.2, 0) is 9.59 Å². The van der Waals surface area contributed by atoms with Crippen molar-refractivity contribution in [2.75, 3.05) is 4.90 Å². The number of carbonyl (C=O) groups excluding carboxylic acids is 3. The summed E-state index contributed by atoms with van der Waals surface area (Å²) in [6.45, 7) is 0. The Morgan fingerprint density at radius 2 is 1.57 bits per heavy atom. The van der Waals surface area contributed by atoms with Crippen LogP contribution in [0.25, 0.3) is 0 Å². The first-order valence-electron chi connectivity index (χ1n) is 9.60. The number of esters is 1. The molecule has 2 aromatic carbocycles. The first kappa shape index (κ1) is 20.2. The van der Waals surface area contributed by atoms with E-state index in [1.54, 1.807) is 48.5 Å². The highest BCUT2D eigenvalue weighted by molar-refractivity contribution is 9.12. The number of anilines is 1. The second kappa shape index (κ2) is 7.46. The highest BCUT2D eigenvalue weighted by Crippen LogP contribution is 2.60. The van der Waals surface area contributed by atoms with Gasteiger partial charge in [-0.05, 0) is 54.7 Å². The average molecular weight is 554 g/mol. The standard InChI is InChI=1S/C22H16Br2ClNO4/c23-18-14-9-15(19(18)24)17-16(14)20(27)26(21(17)28)12-2-1-3-13(8-12)30-22(29)10-4-6-11(25)7-5-10/h1-8,14-19H,9H2/t14-,15+,16-,17-,18+,19-/m0/s1. The van der Waals surface area contributed by atoms with Gasteiger partial charge in [0.2, 0.25) is 11.8 Å². The molecule has 0 unspecified atom stereocenters. The van der Waals surface area contributed by atoms with Crippen LogP contribution in [0.15, 0.2) is 48.5 Å². The van der Waals surface area contributed by atoms with Crippen LogP contribution in [-0.4, -0.2) is 27.4 Å². The fourth-order valence-corrected chi connectivity index (χ4v) is 7.04. The van der Waals surface area contributed by atoms with Crippen LogP contribution in [0.4, 0.5) is 5.69 Å². The van der Waals surface area contributed by atoms with Crippen molar-refractivity contribution in [3.63, 3.8) is 0 Å². The van der Waals surface area contributed by atoms with Gasteiger partial charge < -0.3 is 4.74 Å². The Morgan fingerprint density at radius 3 is 2.17 bits per heavy atom. The van der Waals surface area contributed by atoms with Gasteiger partial charge in [0.05, 0.1) is 23.1 Å². The number of imide groups is 1. The lowest BCUT2D eigenvalue weighted by Crippen LogP contribution is -2.37. The minimum absolute atomic E-state index is 0.150. The maximum Gasteiger partial charge on any atom is 0.343 e. The molecule has 1 heterocycles. The molecule has 5 nitrogen and oxygen atoms in total. The Hall–Kier alpha value is -1.70. The van der Waals surface area contributed by atoms with E-state index in [4.69, 9.17) is 16.3 Å². The Labute approximate surface area is 195 Å². The van der Waals surface area contributed by atoms with Crippen molar-refractivity contribution in [3.8, 4) is 5.75 Å². The zero-order valence-corrected chi connectivity index (χ0v) is 19.4. The van der Waals surface area contributed by atoms with Crippen LogP contribution in [0, 0.1) is 23.7 Å². The predicted molar refractivity (Wildman–Crippen MR) is 119 cm³/mol. The molecule has 2 aromatic rings. The number of ether oxygens (including phenoxy) is 1. The molecule has 0 aromatic heterocycles. The van der Waals surface area contributed by atoms with E-state index in [0.29, 0.717) is 16.3 Å². The number of alkyl halides is 2. The number of nitrogens with zero attached hydrogens (tertiary/aromatic N) is 1. The lowest BCUT2D eigenvalue weighted by molar-refractivity contribution is -0.123. The molecule has 2 saturated carbocycles. The van der Waals surface area contributed by atoms with E-state index in [-0.39, 0.29) is 50.9 Å². The van der Waals surface area contributed by atoms with E-state index in [1.165, 1.54) is 4.90 Å². The minimum atomic E-state index is -0.540. The molecule has 5 rings (SSSR count). The third-order valence-corrected chi connectivity index (χ3v) is 9.81. The summed E-state index contributed by atoms with van der Waals surface area (Å²) in [5.41, 5.74) is 0.786. The molecule has 2 amide bonds. The van der Waals surface area contributed by atoms with Crippen LogP contribution in [0.3, 0.4) is 0 Å². The van der Waals surface area contributed by atoms with Crippen molar-refractivity contribution >= 4 is 66.9 Å². The predicted octanol–water partition coefficient (Wildman–Crippen LogP) is 4.84. The summed E-state index contributed by atoms with van der Waals surface area (Å²) in [5, 5.41) is 0.524. The van der Waals surface area contributed by atoms with Crippen molar-refractivity contribution in [3.05, 3.63) is 59.1 Å². The smallest absolute Gasteiger partial charge is 0.343 e. The summed E-state index contributed by atoms with van der Waals surface area (Å²) < 4.78 is 5.45. The molecule has 1 saturated heterocycles. The van der Waals surface area contributed by atoms with Gasteiger partial charge in [0.25, 0.3) is 0 Å². The molecule has 0 N–H and O–H groups in total. The van der Waals surface area contributed by atoms with Gasteiger partial charge in [-0.25, -0.2) is 9.69 Å². The van der Waals surface area contributed by atoms with Crippen molar-refractivity contribution in [2.24, 2.45) is 23.7 Å². The summed E-state index contributed by atoms with van der Waals surface area (Å²) in [5.74, 6) is -0.882. The Kier molecular flexibility index (Phi) is 5.03. The third kappa shape index (κ3) is 3.05. The Balaban J connectivity index is 1.39. The van der Waals surface area contributed by atoms with Gasteiger partial charge in [-0.1, -0.05) is 49.5 Å². The van der Waals surface area contributed by atoms with E-state index in [2.05, 4.69) is 31.9 Å². The van der Waals surface area contributed by atoms with Crippen molar-refractivity contribution in [1.29, 1.82) is 0 Å². The van der Waals surface area contributed by atoms with Crippen molar-refractivity contribution in [1.82, 2.24) is 0 Å². The van der Waals surface area contributed by atoms with Crippen LogP contribution in [0.1, 0.15) is 16.8 Å². The van der Waals surface area contributed by atoms with Crippen LogP contribution in [0.5, 0.6) is 5.75 Å². The monoisotopic (exact) mass is 551 g/mol. The van der Waals surface area contributed by atoms with Gasteiger partial charge in [0.1, 0.15) is 5.75 Å². The largest absolute Gasteiger partial charge is 0.423 e. The van der Waals surface area contributed by atoms with Gasteiger partial charge in [-0.2, -0.15) is 0 Å². The number of fused-ring (bicyclic) bond motifs is 5. The molecule has 8 heteroatoms. The lowest BCUT2D eigenvalue weighted by Gasteiger charge is -2.28. The van der Waals surface area contributed by atoms with Crippen LogP contribution in [0.2, 0.25) is 5.02 Å². The van der Waals surface area contributed by atoms with E-state index < -0.39 is 5.97 Å². The summed E-state index contributed by atoms with van der Waals surface area (Å²) in [6.07, 6.45) is 0.880. The summed E-state index contributed by atoms with van der Waals surface area (Å²) in [7, 11) is 0. The number of rotatable bonds is 3. The maximum atomic E-state index is 13.2. The fraction of sp³-hybridized carbons (Fsp3) is 0.318. The first-order chi connectivity index (χ1) is 14.4. The molecule has 2 aliphatic carbocycles. The van der Waals surface area contributed by atoms with Crippen molar-refractivity contribution in [2.45, 2.75) is 16.1 Å². The molecule has 3 fully saturated rings. The molecule has 1 aliphatic heterocycles. The maximum absolute atomic E-state index is 13.2. The van der Waals surface area contributed by atoms with Gasteiger partial charge in [0, 0.05) is 20.7 Å². The van der Waals surface area contributed by atoms with Gasteiger partial charge in [-0.15, -0.1) is 0 Å². The zero-order valence-electron chi connectivity index (χ0n) is 15.5. The second-order valence-electron chi connectivity index (χ2n) is 7.91. The number of hydrogen-bond donors (Lipinski definition) is 0. The molecule has 30 heavy (non-hydrogen) atoms. The minimum Gasteiger partial charge on any atom is -0.423 e. The quantitative estimate of drug-likeness (QED) is 0.236. The fourth-order valence-electron chi connectivity index (χ4n) is 5.04. The van der Waals surface area contributed by atoms with E-state index in [1.807, 2.05) is 0 Å². The number of amides is 2. The Bertz CT molecular complexity index is 1030. The average Bonchev–Trinajstić information content (AvgIpc) is 3.33. The normalized spacial score (nSPS) is 31.9. The number of halogens is 3. The summed E-state index contributed by atoms with van der Waals surface area (Å²) in [4.78, 5) is 40.4. The number of carbonyl (C=O) groups is 3. The van der Waals surface area contributed by atoms with Gasteiger partial charge in [-0.3, -0.25) is 9.59 Å². The van der Waals surface area contributed by atoms with Gasteiger partial charge >= 0.3 is 5.97 Å².